The van der Waals surface area contributed by atoms with Crippen LogP contribution in [-0.2, 0) is 0 Å². The summed E-state index contributed by atoms with van der Waals surface area (Å²) in [6, 6.07) is 4.79. The largest absolute Gasteiger partial charge is 0.397 e. The summed E-state index contributed by atoms with van der Waals surface area (Å²) in [7, 11) is 2.16. The van der Waals surface area contributed by atoms with Crippen molar-refractivity contribution < 1.29 is 4.39 Å². The first-order chi connectivity index (χ1) is 8.66. The van der Waals surface area contributed by atoms with Gasteiger partial charge in [0, 0.05) is 6.54 Å². The topological polar surface area (TPSA) is 41.3 Å². The Morgan fingerprint density at radius 2 is 2.11 bits per heavy atom. The summed E-state index contributed by atoms with van der Waals surface area (Å²) in [5.41, 5.74) is 6.68. The fraction of sp³-hybridized carbons (Fsp3) is 0.571. The maximum Gasteiger partial charge on any atom is 0.148 e. The van der Waals surface area contributed by atoms with Crippen LogP contribution < -0.4 is 11.1 Å². The first kappa shape index (κ1) is 13.1. The van der Waals surface area contributed by atoms with Crippen LogP contribution in [0.2, 0.25) is 0 Å². The number of hydrogen-bond acceptors (Lipinski definition) is 3. The Hall–Kier alpha value is -1.29. The molecule has 0 atom stereocenters. The molecule has 0 saturated carbocycles. The molecule has 0 unspecified atom stereocenters. The Morgan fingerprint density at radius 3 is 2.78 bits per heavy atom. The van der Waals surface area contributed by atoms with E-state index in [-0.39, 0.29) is 5.82 Å². The van der Waals surface area contributed by atoms with E-state index in [1.54, 1.807) is 12.1 Å². The molecule has 1 saturated heterocycles. The SMILES string of the molecule is CN1CCC(CCNc2c(N)cccc2F)CC1. The maximum absolute atomic E-state index is 13.5. The van der Waals surface area contributed by atoms with Gasteiger partial charge in [0.1, 0.15) is 5.82 Å². The van der Waals surface area contributed by atoms with Gasteiger partial charge in [0.15, 0.2) is 0 Å². The molecule has 18 heavy (non-hydrogen) atoms. The zero-order valence-corrected chi connectivity index (χ0v) is 11.0. The average Bonchev–Trinajstić information content (AvgIpc) is 2.35. The highest BCUT2D eigenvalue weighted by atomic mass is 19.1. The van der Waals surface area contributed by atoms with E-state index in [9.17, 15) is 4.39 Å². The van der Waals surface area contributed by atoms with Gasteiger partial charge in [-0.05, 0) is 57.5 Å². The van der Waals surface area contributed by atoms with Crippen LogP contribution in [-0.4, -0.2) is 31.6 Å². The summed E-state index contributed by atoms with van der Waals surface area (Å²) in [4.78, 5) is 2.36. The van der Waals surface area contributed by atoms with Crippen molar-refractivity contribution in [1.82, 2.24) is 4.90 Å². The van der Waals surface area contributed by atoms with Crippen LogP contribution in [0.5, 0.6) is 0 Å². The number of benzene rings is 1. The molecular formula is C14H22FN3. The minimum Gasteiger partial charge on any atom is -0.397 e. The standard InChI is InChI=1S/C14H22FN3/c1-18-9-6-11(7-10-18)5-8-17-14-12(15)3-2-4-13(14)16/h2-4,11,17H,5-10,16H2,1H3. The van der Waals surface area contributed by atoms with Gasteiger partial charge in [-0.3, -0.25) is 0 Å². The second kappa shape index (κ2) is 6.05. The number of anilines is 2. The third-order valence-corrected chi connectivity index (χ3v) is 3.74. The first-order valence-electron chi connectivity index (χ1n) is 6.63. The molecule has 100 valence electrons. The number of likely N-dealkylation sites (tertiary alicyclic amines) is 1. The summed E-state index contributed by atoms with van der Waals surface area (Å²) in [6.45, 7) is 3.14. The molecule has 0 aromatic heterocycles. The Bertz CT molecular complexity index is 366. The summed E-state index contributed by atoms with van der Waals surface area (Å²) >= 11 is 0. The molecule has 0 radical (unpaired) electrons. The number of rotatable bonds is 4. The van der Waals surface area contributed by atoms with Crippen molar-refractivity contribution in [3.63, 3.8) is 0 Å². The average molecular weight is 251 g/mol. The number of piperidine rings is 1. The van der Waals surface area contributed by atoms with Gasteiger partial charge in [-0.2, -0.15) is 0 Å². The Morgan fingerprint density at radius 1 is 1.39 bits per heavy atom. The zero-order valence-electron chi connectivity index (χ0n) is 11.0. The van der Waals surface area contributed by atoms with E-state index >= 15 is 0 Å². The lowest BCUT2D eigenvalue weighted by Crippen LogP contribution is -2.30. The van der Waals surface area contributed by atoms with E-state index in [0.29, 0.717) is 11.4 Å². The Balaban J connectivity index is 1.78. The minimum atomic E-state index is -0.265. The highest BCUT2D eigenvalue weighted by Gasteiger charge is 2.16. The summed E-state index contributed by atoms with van der Waals surface area (Å²) in [5.74, 6) is 0.486. The monoisotopic (exact) mass is 251 g/mol. The van der Waals surface area contributed by atoms with Gasteiger partial charge in [-0.1, -0.05) is 6.07 Å². The van der Waals surface area contributed by atoms with E-state index in [4.69, 9.17) is 5.73 Å². The van der Waals surface area contributed by atoms with Crippen LogP contribution >= 0.6 is 0 Å². The van der Waals surface area contributed by atoms with Gasteiger partial charge in [-0.25, -0.2) is 4.39 Å². The third-order valence-electron chi connectivity index (χ3n) is 3.74. The zero-order chi connectivity index (χ0) is 13.0. The molecule has 1 aliphatic rings. The Labute approximate surface area is 108 Å². The molecule has 3 nitrogen and oxygen atoms in total. The molecule has 1 aliphatic heterocycles. The van der Waals surface area contributed by atoms with Crippen LogP contribution in [0.3, 0.4) is 0 Å². The predicted octanol–water partition coefficient (Wildman–Crippen LogP) is 2.55. The van der Waals surface area contributed by atoms with Crippen molar-refractivity contribution in [2.75, 3.05) is 37.7 Å². The summed E-state index contributed by atoms with van der Waals surface area (Å²) in [5, 5.41) is 3.13. The normalized spacial score (nSPS) is 17.9. The highest BCUT2D eigenvalue weighted by molar-refractivity contribution is 5.66. The van der Waals surface area contributed by atoms with Crippen LogP contribution in [0.25, 0.3) is 0 Å². The lowest BCUT2D eigenvalue weighted by atomic mass is 9.94. The number of para-hydroxylation sites is 1. The molecule has 0 aliphatic carbocycles. The van der Waals surface area contributed by atoms with Crippen LogP contribution in [0.15, 0.2) is 18.2 Å². The van der Waals surface area contributed by atoms with Crippen molar-refractivity contribution in [3.05, 3.63) is 24.0 Å². The van der Waals surface area contributed by atoms with Gasteiger partial charge < -0.3 is 16.0 Å². The molecule has 3 N–H and O–H groups in total. The van der Waals surface area contributed by atoms with E-state index in [1.807, 2.05) is 0 Å². The molecular weight excluding hydrogens is 229 g/mol. The van der Waals surface area contributed by atoms with Crippen LogP contribution in [0.4, 0.5) is 15.8 Å². The first-order valence-corrected chi connectivity index (χ1v) is 6.63. The van der Waals surface area contributed by atoms with Crippen molar-refractivity contribution in [2.45, 2.75) is 19.3 Å². The van der Waals surface area contributed by atoms with Crippen molar-refractivity contribution in [2.24, 2.45) is 5.92 Å². The number of nitrogen functional groups attached to an aromatic ring is 1. The van der Waals surface area contributed by atoms with Gasteiger partial charge >= 0.3 is 0 Å². The van der Waals surface area contributed by atoms with E-state index < -0.39 is 0 Å². The lowest BCUT2D eigenvalue weighted by Gasteiger charge is -2.29. The van der Waals surface area contributed by atoms with Crippen LogP contribution in [0.1, 0.15) is 19.3 Å². The smallest absolute Gasteiger partial charge is 0.148 e. The molecule has 2 rings (SSSR count). The van der Waals surface area contributed by atoms with E-state index in [1.165, 1.54) is 32.0 Å². The van der Waals surface area contributed by atoms with E-state index in [0.717, 1.165) is 18.9 Å². The number of nitrogens with zero attached hydrogens (tertiary/aromatic N) is 1. The second-order valence-electron chi connectivity index (χ2n) is 5.17. The van der Waals surface area contributed by atoms with E-state index in [2.05, 4.69) is 17.3 Å². The number of nitrogens with two attached hydrogens (primary N) is 1. The quantitative estimate of drug-likeness (QED) is 0.808. The predicted molar refractivity (Wildman–Crippen MR) is 74.1 cm³/mol. The fourth-order valence-electron chi connectivity index (χ4n) is 2.48. The molecule has 1 heterocycles. The molecule has 1 fully saturated rings. The molecule has 0 spiro atoms. The molecule has 4 heteroatoms. The fourth-order valence-corrected chi connectivity index (χ4v) is 2.48. The molecule has 0 bridgehead atoms. The van der Waals surface area contributed by atoms with Gasteiger partial charge in [0.25, 0.3) is 0 Å². The van der Waals surface area contributed by atoms with Crippen molar-refractivity contribution >= 4 is 11.4 Å². The number of hydrogen-bond donors (Lipinski definition) is 2. The lowest BCUT2D eigenvalue weighted by molar-refractivity contribution is 0.215. The highest BCUT2D eigenvalue weighted by Crippen LogP contribution is 2.23. The summed E-state index contributed by atoms with van der Waals surface area (Å²) in [6.07, 6.45) is 3.57. The number of halogens is 1. The summed E-state index contributed by atoms with van der Waals surface area (Å²) < 4.78 is 13.5. The number of nitrogens with one attached hydrogen (secondary N) is 1. The van der Waals surface area contributed by atoms with Gasteiger partial charge in [0.2, 0.25) is 0 Å². The van der Waals surface area contributed by atoms with Gasteiger partial charge in [0.05, 0.1) is 11.4 Å². The third kappa shape index (κ3) is 3.35. The molecule has 1 aromatic carbocycles. The van der Waals surface area contributed by atoms with Crippen LogP contribution in [0, 0.1) is 11.7 Å². The minimum absolute atomic E-state index is 0.265. The molecule has 0 amide bonds. The van der Waals surface area contributed by atoms with Crippen molar-refractivity contribution in [3.8, 4) is 0 Å². The molecule has 1 aromatic rings. The second-order valence-corrected chi connectivity index (χ2v) is 5.17. The Kier molecular flexibility index (Phi) is 4.42. The van der Waals surface area contributed by atoms with Crippen molar-refractivity contribution in [1.29, 1.82) is 0 Å². The van der Waals surface area contributed by atoms with Gasteiger partial charge in [-0.15, -0.1) is 0 Å². The maximum atomic E-state index is 13.5.